The van der Waals surface area contributed by atoms with Crippen molar-refractivity contribution in [2.24, 2.45) is 5.73 Å². The number of fused-ring (bicyclic) bond motifs is 6. The molecule has 4 bridgehead atoms. The van der Waals surface area contributed by atoms with E-state index in [0.717, 1.165) is 82.3 Å². The van der Waals surface area contributed by atoms with Crippen LogP contribution in [0.3, 0.4) is 0 Å². The SMILES string of the molecule is Cc1cc(C)cc(-c2[nH]c3sc(C(C)(C)C(=O)N4C5CCC4CC5)cc3c2[C@H](C)CN)c1.Cc1cc(C)cc(-c2[nH]c3sc(C(C)(C)C(=O)N4C5CCC4CC5)cc3c2[C@H](C)CNC(=O)N2CCC(c3ccncc3)CC2)c1.FF. The van der Waals surface area contributed by atoms with Crippen molar-refractivity contribution in [2.75, 3.05) is 26.2 Å². The Balaban J connectivity index is 0.000000185. The first-order chi connectivity index (χ1) is 38.3. The number of carbonyl (C=O) groups excluding carboxylic acids is 3. The second-order valence-electron chi connectivity index (χ2n) is 25.2. The fourth-order valence-corrected chi connectivity index (χ4v) is 16.6. The van der Waals surface area contributed by atoms with Gasteiger partial charge in [0.15, 0.2) is 0 Å². The number of H-pyrrole nitrogens is 2. The van der Waals surface area contributed by atoms with Crippen molar-refractivity contribution in [1.29, 1.82) is 0 Å². The fourth-order valence-electron chi connectivity index (χ4n) is 14.3. The predicted octanol–water partition coefficient (Wildman–Crippen LogP) is 14.9. The number of benzene rings is 2. The van der Waals surface area contributed by atoms with Crippen molar-refractivity contribution in [2.45, 2.75) is 186 Å². The number of nitrogens with zero attached hydrogens (tertiary/aromatic N) is 4. The number of nitrogens with one attached hydrogen (secondary N) is 3. The number of thiophene rings is 2. The summed E-state index contributed by atoms with van der Waals surface area (Å²) in [5, 5.41) is 5.67. The zero-order chi connectivity index (χ0) is 56.9. The van der Waals surface area contributed by atoms with E-state index >= 15 is 0 Å². The summed E-state index contributed by atoms with van der Waals surface area (Å²) in [7, 11) is 0. The minimum absolute atomic E-state index is 0.0118. The van der Waals surface area contributed by atoms with Crippen molar-refractivity contribution >= 4 is 61.0 Å². The topological polar surface area (TPSA) is 143 Å². The summed E-state index contributed by atoms with van der Waals surface area (Å²) < 4.78 is 16.0. The molecule has 5 aromatic heterocycles. The second-order valence-corrected chi connectivity index (χ2v) is 27.3. The third-order valence-electron chi connectivity index (χ3n) is 18.6. The van der Waals surface area contributed by atoms with Crippen LogP contribution in [-0.2, 0) is 20.4 Å². The molecule has 0 saturated carbocycles. The fraction of sp³-hybridized carbons (Fsp3) is 0.508. The third-order valence-corrected chi connectivity index (χ3v) is 21.4. The van der Waals surface area contributed by atoms with Gasteiger partial charge in [-0.25, -0.2) is 4.79 Å². The molecule has 5 aliphatic heterocycles. The van der Waals surface area contributed by atoms with E-state index in [9.17, 15) is 14.4 Å². The van der Waals surface area contributed by atoms with Crippen LogP contribution in [0.5, 0.6) is 0 Å². The first-order valence-corrected chi connectivity index (χ1v) is 30.9. The minimum Gasteiger partial charge on any atom is -0.346 e. The summed E-state index contributed by atoms with van der Waals surface area (Å²) >= 11 is 3.45. The molecular formula is C65H82F2N8O3S2. The Kier molecular flexibility index (Phi) is 16.6. The predicted molar refractivity (Wildman–Crippen MR) is 323 cm³/mol. The van der Waals surface area contributed by atoms with Gasteiger partial charge >= 0.3 is 6.03 Å². The number of piperidine rings is 1. The maximum Gasteiger partial charge on any atom is 0.317 e. The lowest BCUT2D eigenvalue weighted by Gasteiger charge is -2.32. The summed E-state index contributed by atoms with van der Waals surface area (Å²) in [6, 6.07) is 23.8. The molecule has 5 aliphatic rings. The number of aromatic amines is 2. The number of likely N-dealkylation sites (tertiary alicyclic amines) is 1. The monoisotopic (exact) mass is 1120 g/mol. The number of rotatable bonds is 12. The molecule has 10 heterocycles. The summed E-state index contributed by atoms with van der Waals surface area (Å²) in [6.45, 7) is 24.0. The number of hydrogen-bond acceptors (Lipinski definition) is 7. The summed E-state index contributed by atoms with van der Waals surface area (Å²) in [5.74, 6) is 1.35. The number of pyridine rings is 1. The summed E-state index contributed by atoms with van der Waals surface area (Å²) in [4.78, 5) is 63.6. The Morgan fingerprint density at radius 2 is 1.01 bits per heavy atom. The average molecular weight is 1130 g/mol. The second kappa shape index (κ2) is 23.2. The quantitative estimate of drug-likeness (QED) is 0.0963. The highest BCUT2D eigenvalue weighted by molar-refractivity contribution is 7.19. The molecule has 11 nitrogen and oxygen atoms in total. The summed E-state index contributed by atoms with van der Waals surface area (Å²) in [6.07, 6.45) is 14.9. The van der Waals surface area contributed by atoms with E-state index in [0.29, 0.717) is 49.1 Å². The van der Waals surface area contributed by atoms with E-state index in [1.807, 2.05) is 17.3 Å². The number of urea groups is 1. The number of amides is 4. The van der Waals surface area contributed by atoms with Crippen molar-refractivity contribution in [1.82, 2.24) is 35.0 Å². The average Bonchev–Trinajstić information content (AvgIpc) is 4.42. The molecule has 5 saturated heterocycles. The van der Waals surface area contributed by atoms with Gasteiger partial charge in [-0.3, -0.25) is 14.6 Å². The molecule has 7 aromatic rings. The maximum absolute atomic E-state index is 14.0. The molecule has 0 aliphatic carbocycles. The lowest BCUT2D eigenvalue weighted by Crippen LogP contribution is -2.45. The summed E-state index contributed by atoms with van der Waals surface area (Å²) in [5.41, 5.74) is 18.5. The maximum atomic E-state index is 14.0. The van der Waals surface area contributed by atoms with E-state index < -0.39 is 10.8 Å². The van der Waals surface area contributed by atoms with Crippen LogP contribution in [0.2, 0.25) is 0 Å². The largest absolute Gasteiger partial charge is 0.346 e. The lowest BCUT2D eigenvalue weighted by atomic mass is 9.88. The third kappa shape index (κ3) is 10.9. The van der Waals surface area contributed by atoms with Crippen molar-refractivity contribution in [3.05, 3.63) is 122 Å². The highest BCUT2D eigenvalue weighted by Gasteiger charge is 2.49. The smallest absolute Gasteiger partial charge is 0.317 e. The molecule has 80 heavy (non-hydrogen) atoms. The highest BCUT2D eigenvalue weighted by atomic mass is 32.1. The van der Waals surface area contributed by atoms with Crippen molar-refractivity contribution in [3.8, 4) is 22.5 Å². The number of aromatic nitrogens is 3. The van der Waals surface area contributed by atoms with Gasteiger partial charge in [0.1, 0.15) is 9.66 Å². The van der Waals surface area contributed by atoms with Gasteiger partial charge in [0.05, 0.1) is 22.2 Å². The molecule has 0 unspecified atom stereocenters. The first-order valence-electron chi connectivity index (χ1n) is 29.2. The Morgan fingerprint density at radius 3 is 1.40 bits per heavy atom. The van der Waals surface area contributed by atoms with Gasteiger partial charge < -0.3 is 35.7 Å². The van der Waals surface area contributed by atoms with Crippen LogP contribution in [0.25, 0.3) is 42.9 Å². The van der Waals surface area contributed by atoms with Crippen LogP contribution in [0.4, 0.5) is 13.9 Å². The van der Waals surface area contributed by atoms with E-state index in [2.05, 4.69) is 160 Å². The number of aryl methyl sites for hydroxylation is 4. The van der Waals surface area contributed by atoms with Crippen LogP contribution < -0.4 is 11.1 Å². The Morgan fingerprint density at radius 1 is 0.625 bits per heavy atom. The van der Waals surface area contributed by atoms with E-state index in [1.54, 1.807) is 22.7 Å². The molecule has 2 aromatic carbocycles. The Bertz CT molecular complexity index is 3310. The number of halogens is 2. The van der Waals surface area contributed by atoms with Gasteiger partial charge in [0.2, 0.25) is 11.8 Å². The molecule has 12 rings (SSSR count). The van der Waals surface area contributed by atoms with Crippen LogP contribution in [-0.4, -0.2) is 97.8 Å². The van der Waals surface area contributed by atoms with E-state index in [-0.39, 0.29) is 23.8 Å². The van der Waals surface area contributed by atoms with E-state index in [1.165, 1.54) is 86.7 Å². The van der Waals surface area contributed by atoms with Gasteiger partial charge in [-0.15, -0.1) is 22.7 Å². The van der Waals surface area contributed by atoms with Gasteiger partial charge in [-0.05, 0) is 214 Å². The normalized spacial score (nSPS) is 20.7. The molecule has 4 amide bonds. The molecule has 5 N–H and O–H groups in total. The number of carbonyl (C=O) groups is 3. The van der Waals surface area contributed by atoms with Crippen LogP contribution in [0.15, 0.2) is 73.1 Å². The molecular weight excluding hydrogens is 1040 g/mol. The van der Waals surface area contributed by atoms with Crippen molar-refractivity contribution < 1.29 is 23.5 Å². The molecule has 15 heteroatoms. The van der Waals surface area contributed by atoms with Crippen LogP contribution in [0, 0.1) is 27.7 Å². The van der Waals surface area contributed by atoms with Gasteiger partial charge in [0.25, 0.3) is 0 Å². The molecule has 426 valence electrons. The van der Waals surface area contributed by atoms with Crippen LogP contribution >= 0.6 is 22.7 Å². The zero-order valence-corrected chi connectivity index (χ0v) is 50.2. The standard InChI is InChI=1S/C38H47N5O2S.C27H35N3OS.F2/c1-23-18-24(2)20-28(19-23)34-33(25(3)22-40-37(45)42-16-12-27(13-17-42)26-10-14-39-15-11-26)31-21-32(46-35(31)41-34)38(4,5)36(44)43-29-6-7-30(43)9-8-29;1-15-10-16(2)12-18(11-15)24-23(17(3)14-28)21-13-22(32-25(21)29-24)27(4,5)26(31)30-19-6-7-20(30)9-8-19;1-2/h10-11,14-15,18-21,25,27,29-30,41H,6-9,12-13,16-17,22H2,1-5H3,(H,40,45);10-13,17,19-20,29H,6-9,14,28H2,1-5H3;/t25-,29?,30?;17-,19?,20?;/m11./s1. The van der Waals surface area contributed by atoms with Gasteiger partial charge in [0, 0.05) is 91.8 Å². The molecule has 0 radical (unpaired) electrons. The van der Waals surface area contributed by atoms with Crippen LogP contribution in [0.1, 0.15) is 172 Å². The molecule has 2 atom stereocenters. The molecule has 5 fully saturated rings. The van der Waals surface area contributed by atoms with E-state index in [4.69, 9.17) is 14.9 Å². The van der Waals surface area contributed by atoms with Crippen molar-refractivity contribution in [3.63, 3.8) is 0 Å². The Labute approximate surface area is 479 Å². The zero-order valence-electron chi connectivity index (χ0n) is 48.5. The minimum atomic E-state index is -0.590. The first kappa shape index (κ1) is 57.3. The Hall–Kier alpha value is -5.90. The van der Waals surface area contributed by atoms with Gasteiger partial charge in [-0.2, -0.15) is 0 Å². The highest BCUT2D eigenvalue weighted by Crippen LogP contribution is 2.48. The number of nitrogens with two attached hydrogens (primary N) is 1. The number of hydrogen-bond donors (Lipinski definition) is 4. The lowest BCUT2D eigenvalue weighted by molar-refractivity contribution is -0.138. The molecule has 0 spiro atoms. The van der Waals surface area contributed by atoms with Gasteiger partial charge in [-0.1, -0.05) is 48.2 Å².